The second kappa shape index (κ2) is 3.07. The first-order valence-electron chi connectivity index (χ1n) is 4.21. The lowest BCUT2D eigenvalue weighted by atomic mass is 10.0. The summed E-state index contributed by atoms with van der Waals surface area (Å²) in [5.41, 5.74) is 3.21. The number of rotatable bonds is 1. The lowest BCUT2D eigenvalue weighted by Crippen LogP contribution is -1.92. The number of thiazole rings is 1. The second-order valence-corrected chi connectivity index (χ2v) is 4.18. The van der Waals surface area contributed by atoms with Gasteiger partial charge in [-0.2, -0.15) is 0 Å². The van der Waals surface area contributed by atoms with E-state index < -0.39 is 0 Å². The van der Waals surface area contributed by atoms with Crippen LogP contribution < -0.4 is 0 Å². The largest absolute Gasteiger partial charge is 0.245 e. The summed E-state index contributed by atoms with van der Waals surface area (Å²) in [6, 6.07) is 3.70. The highest BCUT2D eigenvalue weighted by atomic mass is 32.1. The zero-order valence-electron chi connectivity index (χ0n) is 7.54. The Morgan fingerprint density at radius 3 is 2.85 bits per heavy atom. The van der Waals surface area contributed by atoms with E-state index in [1.54, 1.807) is 5.51 Å². The SMILES string of the molecule is CC(C)c1ccc2ncsc2c1F. The molecule has 2 rings (SSSR count). The minimum atomic E-state index is -0.102. The van der Waals surface area contributed by atoms with E-state index in [0.717, 1.165) is 11.1 Å². The molecular formula is C10H10FNS. The van der Waals surface area contributed by atoms with Crippen LogP contribution in [0.2, 0.25) is 0 Å². The predicted molar refractivity (Wildman–Crippen MR) is 53.7 cm³/mol. The molecule has 0 aliphatic carbocycles. The number of nitrogens with zero attached hydrogens (tertiary/aromatic N) is 1. The number of hydrogen-bond donors (Lipinski definition) is 0. The molecule has 0 atom stereocenters. The van der Waals surface area contributed by atoms with E-state index in [-0.39, 0.29) is 11.7 Å². The predicted octanol–water partition coefficient (Wildman–Crippen LogP) is 3.56. The number of benzene rings is 1. The summed E-state index contributed by atoms with van der Waals surface area (Å²) < 4.78 is 14.4. The van der Waals surface area contributed by atoms with Gasteiger partial charge in [0.2, 0.25) is 0 Å². The summed E-state index contributed by atoms with van der Waals surface area (Å²) in [6.45, 7) is 3.98. The van der Waals surface area contributed by atoms with Gasteiger partial charge in [-0.15, -0.1) is 11.3 Å². The van der Waals surface area contributed by atoms with Crippen molar-refractivity contribution in [3.8, 4) is 0 Å². The van der Waals surface area contributed by atoms with Crippen LogP contribution in [0.25, 0.3) is 10.2 Å². The molecule has 0 fully saturated rings. The molecule has 0 spiro atoms. The molecule has 0 radical (unpaired) electrons. The summed E-state index contributed by atoms with van der Waals surface area (Å²) >= 11 is 1.36. The molecule has 2 aromatic rings. The zero-order valence-corrected chi connectivity index (χ0v) is 8.36. The molecule has 0 unspecified atom stereocenters. The van der Waals surface area contributed by atoms with Gasteiger partial charge in [0, 0.05) is 0 Å². The van der Waals surface area contributed by atoms with E-state index in [0.29, 0.717) is 4.70 Å². The van der Waals surface area contributed by atoms with Gasteiger partial charge < -0.3 is 0 Å². The fraction of sp³-hybridized carbons (Fsp3) is 0.300. The summed E-state index contributed by atoms with van der Waals surface area (Å²) in [5, 5.41) is 0. The summed E-state index contributed by atoms with van der Waals surface area (Å²) in [6.07, 6.45) is 0. The normalized spacial score (nSPS) is 11.4. The molecule has 1 aromatic carbocycles. The molecule has 0 amide bonds. The van der Waals surface area contributed by atoms with Gasteiger partial charge >= 0.3 is 0 Å². The molecule has 1 nitrogen and oxygen atoms in total. The first kappa shape index (κ1) is 8.63. The second-order valence-electron chi connectivity index (χ2n) is 3.32. The Hall–Kier alpha value is -0.960. The number of fused-ring (bicyclic) bond motifs is 1. The average molecular weight is 195 g/mol. The van der Waals surface area contributed by atoms with E-state index in [4.69, 9.17) is 0 Å². The molecule has 0 aliphatic heterocycles. The van der Waals surface area contributed by atoms with Gasteiger partial charge in [0.05, 0.1) is 15.7 Å². The fourth-order valence-electron chi connectivity index (χ4n) is 1.36. The first-order chi connectivity index (χ1) is 6.20. The van der Waals surface area contributed by atoms with Crippen LogP contribution in [0.3, 0.4) is 0 Å². The highest BCUT2D eigenvalue weighted by Gasteiger charge is 2.11. The third kappa shape index (κ3) is 1.33. The van der Waals surface area contributed by atoms with Gasteiger partial charge in [0.1, 0.15) is 5.82 Å². The van der Waals surface area contributed by atoms with Gasteiger partial charge in [0.15, 0.2) is 0 Å². The van der Waals surface area contributed by atoms with E-state index in [1.165, 1.54) is 11.3 Å². The van der Waals surface area contributed by atoms with E-state index in [2.05, 4.69) is 4.98 Å². The van der Waals surface area contributed by atoms with Crippen molar-refractivity contribution in [2.24, 2.45) is 0 Å². The van der Waals surface area contributed by atoms with Crippen LogP contribution in [-0.4, -0.2) is 4.98 Å². The third-order valence-electron chi connectivity index (χ3n) is 2.09. The molecule has 0 bridgehead atoms. The highest BCUT2D eigenvalue weighted by Crippen LogP contribution is 2.27. The highest BCUT2D eigenvalue weighted by molar-refractivity contribution is 7.16. The lowest BCUT2D eigenvalue weighted by Gasteiger charge is -2.06. The van der Waals surface area contributed by atoms with Crippen molar-refractivity contribution < 1.29 is 4.39 Å². The fourth-order valence-corrected chi connectivity index (χ4v) is 2.09. The molecular weight excluding hydrogens is 185 g/mol. The smallest absolute Gasteiger partial charge is 0.146 e. The molecule has 68 valence electrons. The summed E-state index contributed by atoms with van der Waals surface area (Å²) in [5.74, 6) is 0.126. The molecule has 0 N–H and O–H groups in total. The average Bonchev–Trinajstić information content (AvgIpc) is 2.52. The zero-order chi connectivity index (χ0) is 9.42. The molecule has 13 heavy (non-hydrogen) atoms. The Bertz CT molecular complexity index is 433. The lowest BCUT2D eigenvalue weighted by molar-refractivity contribution is 0.611. The van der Waals surface area contributed by atoms with Crippen LogP contribution in [0.1, 0.15) is 25.3 Å². The molecule has 1 aromatic heterocycles. The minimum Gasteiger partial charge on any atom is -0.245 e. The van der Waals surface area contributed by atoms with Gasteiger partial charge in [-0.05, 0) is 17.5 Å². The van der Waals surface area contributed by atoms with Crippen molar-refractivity contribution in [1.29, 1.82) is 0 Å². The van der Waals surface area contributed by atoms with Crippen molar-refractivity contribution in [2.45, 2.75) is 19.8 Å². The maximum atomic E-state index is 13.7. The van der Waals surface area contributed by atoms with Gasteiger partial charge in [0.25, 0.3) is 0 Å². The van der Waals surface area contributed by atoms with Crippen molar-refractivity contribution in [2.75, 3.05) is 0 Å². The van der Waals surface area contributed by atoms with Crippen LogP contribution in [0.4, 0.5) is 4.39 Å². The Morgan fingerprint density at radius 1 is 1.38 bits per heavy atom. The number of aromatic nitrogens is 1. The van der Waals surface area contributed by atoms with Crippen LogP contribution >= 0.6 is 11.3 Å². The van der Waals surface area contributed by atoms with Crippen molar-refractivity contribution in [1.82, 2.24) is 4.98 Å². The standard InChI is InChI=1S/C10H10FNS/c1-6(2)7-3-4-8-10(9(7)11)13-5-12-8/h3-6H,1-2H3. The van der Waals surface area contributed by atoms with Crippen LogP contribution in [0.15, 0.2) is 17.6 Å². The maximum absolute atomic E-state index is 13.7. The van der Waals surface area contributed by atoms with Gasteiger partial charge in [-0.3, -0.25) is 0 Å². The molecule has 0 aliphatic rings. The molecule has 0 saturated heterocycles. The molecule has 3 heteroatoms. The van der Waals surface area contributed by atoms with E-state index >= 15 is 0 Å². The summed E-state index contributed by atoms with van der Waals surface area (Å²) in [7, 11) is 0. The first-order valence-corrected chi connectivity index (χ1v) is 5.09. The Labute approximate surface area is 80.2 Å². The van der Waals surface area contributed by atoms with Crippen molar-refractivity contribution in [3.05, 3.63) is 29.0 Å². The van der Waals surface area contributed by atoms with Gasteiger partial charge in [-0.1, -0.05) is 19.9 Å². The molecule has 1 heterocycles. The number of hydrogen-bond acceptors (Lipinski definition) is 2. The van der Waals surface area contributed by atoms with E-state index in [9.17, 15) is 4.39 Å². The van der Waals surface area contributed by atoms with Crippen LogP contribution in [-0.2, 0) is 0 Å². The van der Waals surface area contributed by atoms with Crippen molar-refractivity contribution >= 4 is 21.6 Å². The Balaban J connectivity index is 2.73. The van der Waals surface area contributed by atoms with Crippen LogP contribution in [0, 0.1) is 5.82 Å². The third-order valence-corrected chi connectivity index (χ3v) is 2.93. The monoisotopic (exact) mass is 195 g/mol. The molecule has 0 saturated carbocycles. The minimum absolute atomic E-state index is 0.102. The maximum Gasteiger partial charge on any atom is 0.146 e. The van der Waals surface area contributed by atoms with Gasteiger partial charge in [-0.25, -0.2) is 9.37 Å². The quantitative estimate of drug-likeness (QED) is 0.678. The Kier molecular flexibility index (Phi) is 2.04. The Morgan fingerprint density at radius 2 is 2.15 bits per heavy atom. The van der Waals surface area contributed by atoms with Crippen molar-refractivity contribution in [3.63, 3.8) is 0 Å². The van der Waals surface area contributed by atoms with Crippen LogP contribution in [0.5, 0.6) is 0 Å². The van der Waals surface area contributed by atoms with E-state index in [1.807, 2.05) is 26.0 Å². The summed E-state index contributed by atoms with van der Waals surface area (Å²) in [4.78, 5) is 4.06. The number of halogens is 1. The topological polar surface area (TPSA) is 12.9 Å².